The maximum Gasteiger partial charge on any atom is 0.387 e. The summed E-state index contributed by atoms with van der Waals surface area (Å²) in [5.74, 6) is -0.370. The molecule has 4 nitrogen and oxygen atoms in total. The standard InChI is InChI=1S/C11H14F2O4S/c1-18(15,16)7-6-9(14)8-4-2-3-5-10(8)17-11(12)13/h2-5,9,11,14H,6-7H2,1H3. The van der Waals surface area contributed by atoms with Crippen molar-refractivity contribution in [3.63, 3.8) is 0 Å². The van der Waals surface area contributed by atoms with Gasteiger partial charge >= 0.3 is 6.61 Å². The van der Waals surface area contributed by atoms with Crippen molar-refractivity contribution in [1.82, 2.24) is 0 Å². The van der Waals surface area contributed by atoms with E-state index in [1.54, 1.807) is 6.07 Å². The van der Waals surface area contributed by atoms with Crippen molar-refractivity contribution in [3.05, 3.63) is 29.8 Å². The molecule has 0 saturated carbocycles. The first-order valence-corrected chi connectivity index (χ1v) is 7.25. The van der Waals surface area contributed by atoms with Gasteiger partial charge in [0.05, 0.1) is 11.9 Å². The second kappa shape index (κ2) is 6.10. The van der Waals surface area contributed by atoms with Crippen LogP contribution in [0.5, 0.6) is 5.75 Å². The third-order valence-corrected chi connectivity index (χ3v) is 3.23. The van der Waals surface area contributed by atoms with E-state index in [4.69, 9.17) is 0 Å². The predicted octanol–water partition coefficient (Wildman–Crippen LogP) is 1.76. The average Bonchev–Trinajstić information content (AvgIpc) is 2.25. The van der Waals surface area contributed by atoms with Gasteiger partial charge in [-0.15, -0.1) is 0 Å². The third kappa shape index (κ3) is 4.97. The van der Waals surface area contributed by atoms with Crippen LogP contribution in [-0.2, 0) is 9.84 Å². The SMILES string of the molecule is CS(=O)(=O)CCC(O)c1ccccc1OC(F)F. The van der Waals surface area contributed by atoms with Gasteiger partial charge in [0.15, 0.2) is 0 Å². The molecule has 1 N–H and O–H groups in total. The number of aliphatic hydroxyl groups excluding tert-OH is 1. The van der Waals surface area contributed by atoms with Gasteiger partial charge in [0.2, 0.25) is 0 Å². The number of para-hydroxylation sites is 1. The molecule has 0 aliphatic heterocycles. The first-order valence-electron chi connectivity index (χ1n) is 5.19. The van der Waals surface area contributed by atoms with E-state index in [0.717, 1.165) is 6.26 Å². The Morgan fingerprint density at radius 3 is 2.50 bits per heavy atom. The van der Waals surface area contributed by atoms with Gasteiger partial charge in [-0.05, 0) is 12.5 Å². The highest BCUT2D eigenvalue weighted by molar-refractivity contribution is 7.90. The van der Waals surface area contributed by atoms with Crippen molar-refractivity contribution in [2.75, 3.05) is 12.0 Å². The molecule has 18 heavy (non-hydrogen) atoms. The summed E-state index contributed by atoms with van der Waals surface area (Å²) >= 11 is 0. The molecule has 1 rings (SSSR count). The fourth-order valence-corrected chi connectivity index (χ4v) is 2.09. The molecule has 0 aromatic heterocycles. The van der Waals surface area contributed by atoms with E-state index in [0.29, 0.717) is 0 Å². The maximum atomic E-state index is 12.1. The summed E-state index contributed by atoms with van der Waals surface area (Å²) < 4.78 is 50.5. The summed E-state index contributed by atoms with van der Waals surface area (Å²) in [6, 6.07) is 5.76. The molecule has 7 heteroatoms. The Morgan fingerprint density at radius 2 is 1.94 bits per heavy atom. The molecule has 0 amide bonds. The van der Waals surface area contributed by atoms with Crippen LogP contribution in [0.2, 0.25) is 0 Å². The summed E-state index contributed by atoms with van der Waals surface area (Å²) in [7, 11) is -3.21. The van der Waals surface area contributed by atoms with Gasteiger partial charge in [0, 0.05) is 11.8 Å². The van der Waals surface area contributed by atoms with E-state index < -0.39 is 22.6 Å². The fraction of sp³-hybridized carbons (Fsp3) is 0.455. The Bertz CT molecular complexity index is 488. The van der Waals surface area contributed by atoms with Crippen molar-refractivity contribution in [2.45, 2.75) is 19.1 Å². The van der Waals surface area contributed by atoms with Crippen molar-refractivity contribution in [1.29, 1.82) is 0 Å². The van der Waals surface area contributed by atoms with Crippen LogP contribution in [-0.4, -0.2) is 32.1 Å². The molecule has 0 aliphatic carbocycles. The highest BCUT2D eigenvalue weighted by atomic mass is 32.2. The number of rotatable bonds is 6. The van der Waals surface area contributed by atoms with E-state index >= 15 is 0 Å². The number of aliphatic hydroxyl groups is 1. The van der Waals surface area contributed by atoms with Crippen LogP contribution in [0.15, 0.2) is 24.3 Å². The minimum atomic E-state index is -3.21. The lowest BCUT2D eigenvalue weighted by Crippen LogP contribution is -2.11. The summed E-state index contributed by atoms with van der Waals surface area (Å²) in [5.41, 5.74) is 0.154. The number of benzene rings is 1. The molecule has 0 fully saturated rings. The lowest BCUT2D eigenvalue weighted by atomic mass is 10.1. The van der Waals surface area contributed by atoms with E-state index in [2.05, 4.69) is 4.74 Å². The van der Waals surface area contributed by atoms with Crippen LogP contribution in [0.4, 0.5) is 8.78 Å². The Kier molecular flexibility index (Phi) is 5.03. The monoisotopic (exact) mass is 280 g/mol. The second-order valence-electron chi connectivity index (χ2n) is 3.85. The van der Waals surface area contributed by atoms with Gasteiger partial charge in [-0.1, -0.05) is 18.2 Å². The Labute approximate surface area is 104 Å². The Morgan fingerprint density at radius 1 is 1.33 bits per heavy atom. The normalized spacial score (nSPS) is 13.6. The third-order valence-electron chi connectivity index (χ3n) is 2.26. The number of alkyl halides is 2. The zero-order valence-electron chi connectivity index (χ0n) is 9.71. The Hall–Kier alpha value is -1.21. The van der Waals surface area contributed by atoms with Gasteiger partial charge in [-0.2, -0.15) is 8.78 Å². The smallest absolute Gasteiger partial charge is 0.387 e. The van der Waals surface area contributed by atoms with Crippen molar-refractivity contribution < 1.29 is 27.0 Å². The van der Waals surface area contributed by atoms with Crippen LogP contribution in [0.1, 0.15) is 18.1 Å². The molecule has 1 aromatic carbocycles. The minimum absolute atomic E-state index is 0.0670. The van der Waals surface area contributed by atoms with Gasteiger partial charge < -0.3 is 9.84 Å². The van der Waals surface area contributed by atoms with Crippen LogP contribution in [0.3, 0.4) is 0 Å². The zero-order chi connectivity index (χ0) is 13.8. The Balaban J connectivity index is 2.81. The van der Waals surface area contributed by atoms with Crippen molar-refractivity contribution in [2.24, 2.45) is 0 Å². The van der Waals surface area contributed by atoms with E-state index in [1.807, 2.05) is 0 Å². The van der Waals surface area contributed by atoms with Gasteiger partial charge in [-0.3, -0.25) is 0 Å². The molecular formula is C11H14F2O4S. The van der Waals surface area contributed by atoms with E-state index in [9.17, 15) is 22.3 Å². The number of sulfone groups is 1. The van der Waals surface area contributed by atoms with E-state index in [-0.39, 0.29) is 23.5 Å². The highest BCUT2D eigenvalue weighted by Crippen LogP contribution is 2.28. The maximum absolute atomic E-state index is 12.1. The lowest BCUT2D eigenvalue weighted by Gasteiger charge is -2.15. The van der Waals surface area contributed by atoms with Crippen LogP contribution in [0.25, 0.3) is 0 Å². The quantitative estimate of drug-likeness (QED) is 0.862. The molecule has 0 spiro atoms. The summed E-state index contributed by atoms with van der Waals surface area (Å²) in [6.07, 6.45) is -0.182. The molecular weight excluding hydrogens is 266 g/mol. The van der Waals surface area contributed by atoms with Crippen molar-refractivity contribution in [3.8, 4) is 5.75 Å². The summed E-state index contributed by atoms with van der Waals surface area (Å²) in [4.78, 5) is 0. The lowest BCUT2D eigenvalue weighted by molar-refractivity contribution is -0.0515. The van der Waals surface area contributed by atoms with Gasteiger partial charge in [-0.25, -0.2) is 8.42 Å². The first kappa shape index (κ1) is 14.8. The molecule has 0 bridgehead atoms. The number of halogens is 2. The van der Waals surface area contributed by atoms with Gasteiger partial charge in [0.25, 0.3) is 0 Å². The molecule has 0 saturated heterocycles. The average molecular weight is 280 g/mol. The topological polar surface area (TPSA) is 63.6 Å². The van der Waals surface area contributed by atoms with Crippen LogP contribution >= 0.6 is 0 Å². The molecule has 0 aliphatic rings. The second-order valence-corrected chi connectivity index (χ2v) is 6.11. The molecule has 1 unspecified atom stereocenters. The number of hydrogen-bond acceptors (Lipinski definition) is 4. The molecule has 102 valence electrons. The minimum Gasteiger partial charge on any atom is -0.434 e. The van der Waals surface area contributed by atoms with Crippen LogP contribution in [0, 0.1) is 0 Å². The van der Waals surface area contributed by atoms with Gasteiger partial charge in [0.1, 0.15) is 15.6 Å². The molecule has 0 heterocycles. The molecule has 0 radical (unpaired) electrons. The number of hydrogen-bond donors (Lipinski definition) is 1. The summed E-state index contributed by atoms with van der Waals surface area (Å²) in [5, 5.41) is 9.79. The first-order chi connectivity index (χ1) is 8.29. The van der Waals surface area contributed by atoms with E-state index in [1.165, 1.54) is 18.2 Å². The molecule has 1 atom stereocenters. The number of ether oxygens (including phenoxy) is 1. The zero-order valence-corrected chi connectivity index (χ0v) is 10.5. The fourth-order valence-electron chi connectivity index (χ4n) is 1.44. The predicted molar refractivity (Wildman–Crippen MR) is 62.4 cm³/mol. The highest BCUT2D eigenvalue weighted by Gasteiger charge is 2.17. The van der Waals surface area contributed by atoms with Crippen molar-refractivity contribution >= 4 is 9.84 Å². The van der Waals surface area contributed by atoms with Crippen LogP contribution < -0.4 is 4.74 Å². The largest absolute Gasteiger partial charge is 0.434 e. The molecule has 1 aromatic rings. The summed E-state index contributed by atoms with van der Waals surface area (Å²) in [6.45, 7) is -2.99.